The van der Waals surface area contributed by atoms with E-state index in [1.807, 2.05) is 0 Å². The molecule has 1 aromatic carbocycles. The van der Waals surface area contributed by atoms with Crippen LogP contribution in [0.3, 0.4) is 0 Å². The molecule has 0 aliphatic carbocycles. The summed E-state index contributed by atoms with van der Waals surface area (Å²) in [6, 6.07) is 2.84. The van der Waals surface area contributed by atoms with E-state index in [0.29, 0.717) is 21.1 Å². The number of alkyl halides is 1. The van der Waals surface area contributed by atoms with Gasteiger partial charge in [-0.3, -0.25) is 0 Å². The minimum Gasteiger partial charge on any atom is -0.237 e. The summed E-state index contributed by atoms with van der Waals surface area (Å²) in [5.74, 6) is -0.300. The second-order valence-electron chi connectivity index (χ2n) is 2.14. The van der Waals surface area contributed by atoms with Gasteiger partial charge in [0.2, 0.25) is 5.69 Å². The summed E-state index contributed by atoms with van der Waals surface area (Å²) in [5, 5.41) is 0.425. The number of rotatable bonds is 1. The Kier molecular flexibility index (Phi) is 3.24. The van der Waals surface area contributed by atoms with Crippen molar-refractivity contribution in [2.75, 3.05) is 0 Å². The summed E-state index contributed by atoms with van der Waals surface area (Å²) in [6.07, 6.45) is 0. The zero-order valence-electron chi connectivity index (χ0n) is 5.94. The molecule has 4 heteroatoms. The number of hydrogen-bond acceptors (Lipinski definition) is 0. The van der Waals surface area contributed by atoms with Crippen molar-refractivity contribution < 1.29 is 4.39 Å². The van der Waals surface area contributed by atoms with E-state index in [9.17, 15) is 4.39 Å². The van der Waals surface area contributed by atoms with Gasteiger partial charge in [-0.15, -0.1) is 0 Å². The largest absolute Gasteiger partial charge is 0.237 e. The molecule has 0 saturated heterocycles. The third-order valence-electron chi connectivity index (χ3n) is 1.38. The number of nitrogens with zero attached hydrogens (tertiary/aromatic N) is 1. The van der Waals surface area contributed by atoms with E-state index >= 15 is 0 Å². The second-order valence-corrected chi connectivity index (χ2v) is 3.56. The number of halogens is 3. The van der Waals surface area contributed by atoms with Crippen molar-refractivity contribution in [2.45, 2.75) is 5.33 Å². The maximum Gasteiger partial charge on any atom is 0.201 e. The van der Waals surface area contributed by atoms with E-state index in [2.05, 4.69) is 36.7 Å². The molecule has 0 aliphatic rings. The Morgan fingerprint density at radius 1 is 1.50 bits per heavy atom. The highest BCUT2D eigenvalue weighted by Gasteiger charge is 2.06. The third kappa shape index (κ3) is 1.85. The fourth-order valence-corrected chi connectivity index (χ4v) is 1.60. The highest BCUT2D eigenvalue weighted by molar-refractivity contribution is 9.10. The molecule has 0 atom stereocenters. The van der Waals surface area contributed by atoms with Crippen LogP contribution in [0.2, 0.25) is 0 Å². The molecular formula is C8H4Br2FN. The molecule has 0 fully saturated rings. The Morgan fingerprint density at radius 2 is 2.17 bits per heavy atom. The van der Waals surface area contributed by atoms with Crippen molar-refractivity contribution in [3.63, 3.8) is 0 Å². The average Bonchev–Trinajstić information content (AvgIpc) is 2.05. The van der Waals surface area contributed by atoms with Crippen LogP contribution in [-0.2, 0) is 5.33 Å². The van der Waals surface area contributed by atoms with Crippen molar-refractivity contribution in [1.82, 2.24) is 0 Å². The molecule has 0 bridgehead atoms. The fourth-order valence-electron chi connectivity index (χ4n) is 0.769. The van der Waals surface area contributed by atoms with E-state index < -0.39 is 0 Å². The summed E-state index contributed by atoms with van der Waals surface area (Å²) < 4.78 is 13.5. The predicted octanol–water partition coefficient (Wildman–Crippen LogP) is 4.03. The van der Waals surface area contributed by atoms with Gasteiger partial charge in [0.1, 0.15) is 5.82 Å². The maximum absolute atomic E-state index is 13.0. The summed E-state index contributed by atoms with van der Waals surface area (Å²) in [7, 11) is 0. The van der Waals surface area contributed by atoms with Gasteiger partial charge in [0.05, 0.1) is 6.57 Å². The first kappa shape index (κ1) is 9.69. The number of hydrogen-bond donors (Lipinski definition) is 0. The quantitative estimate of drug-likeness (QED) is 0.544. The Bertz CT molecular complexity index is 344. The molecule has 0 spiro atoms. The van der Waals surface area contributed by atoms with E-state index in [1.54, 1.807) is 0 Å². The minimum atomic E-state index is -0.300. The lowest BCUT2D eigenvalue weighted by molar-refractivity contribution is 0.617. The van der Waals surface area contributed by atoms with Gasteiger partial charge in [-0.2, -0.15) is 0 Å². The van der Waals surface area contributed by atoms with Gasteiger partial charge in [0.25, 0.3) is 0 Å². The molecule has 0 unspecified atom stereocenters. The van der Waals surface area contributed by atoms with Crippen LogP contribution >= 0.6 is 31.9 Å². The van der Waals surface area contributed by atoms with Crippen molar-refractivity contribution in [3.05, 3.63) is 39.4 Å². The van der Waals surface area contributed by atoms with E-state index in [-0.39, 0.29) is 5.82 Å². The lowest BCUT2D eigenvalue weighted by atomic mass is 10.2. The van der Waals surface area contributed by atoms with Gasteiger partial charge < -0.3 is 0 Å². The van der Waals surface area contributed by atoms with Gasteiger partial charge in [0.15, 0.2) is 0 Å². The highest BCUT2D eigenvalue weighted by Crippen LogP contribution is 2.29. The SMILES string of the molecule is [C-]#[N+]c1cc(CBr)c(F)cc1Br. The monoisotopic (exact) mass is 291 g/mol. The zero-order valence-corrected chi connectivity index (χ0v) is 9.11. The molecule has 62 valence electrons. The van der Waals surface area contributed by atoms with E-state index in [0.717, 1.165) is 0 Å². The van der Waals surface area contributed by atoms with Gasteiger partial charge in [0, 0.05) is 9.80 Å². The molecule has 0 N–H and O–H groups in total. The molecule has 0 aromatic heterocycles. The summed E-state index contributed by atoms with van der Waals surface area (Å²) in [6.45, 7) is 6.78. The van der Waals surface area contributed by atoms with Gasteiger partial charge in [-0.1, -0.05) is 31.9 Å². The van der Waals surface area contributed by atoms with Crippen LogP contribution in [0.25, 0.3) is 4.85 Å². The Labute approximate surface area is 86.7 Å². The van der Waals surface area contributed by atoms with Crippen LogP contribution in [0.5, 0.6) is 0 Å². The molecule has 0 amide bonds. The molecule has 0 radical (unpaired) electrons. The van der Waals surface area contributed by atoms with Crippen LogP contribution in [-0.4, -0.2) is 0 Å². The van der Waals surface area contributed by atoms with Crippen LogP contribution in [0.15, 0.2) is 16.6 Å². The Morgan fingerprint density at radius 3 is 2.67 bits per heavy atom. The maximum atomic E-state index is 13.0. The summed E-state index contributed by atoms with van der Waals surface area (Å²) >= 11 is 6.24. The molecular weight excluding hydrogens is 289 g/mol. The van der Waals surface area contributed by atoms with Crippen LogP contribution in [0.1, 0.15) is 5.56 Å². The van der Waals surface area contributed by atoms with Crippen LogP contribution < -0.4 is 0 Å². The van der Waals surface area contributed by atoms with Crippen LogP contribution in [0, 0.1) is 12.4 Å². The molecule has 0 saturated carbocycles. The molecule has 0 aliphatic heterocycles. The molecule has 1 aromatic rings. The Balaban J connectivity index is 3.30. The highest BCUT2D eigenvalue weighted by atomic mass is 79.9. The first-order valence-corrected chi connectivity index (χ1v) is 5.02. The summed E-state index contributed by atoms with van der Waals surface area (Å²) in [5.41, 5.74) is 0.940. The molecule has 1 nitrogen and oxygen atoms in total. The van der Waals surface area contributed by atoms with Crippen molar-refractivity contribution in [2.24, 2.45) is 0 Å². The fraction of sp³-hybridized carbons (Fsp3) is 0.125. The van der Waals surface area contributed by atoms with Crippen molar-refractivity contribution in [1.29, 1.82) is 0 Å². The molecule has 0 heterocycles. The van der Waals surface area contributed by atoms with E-state index in [4.69, 9.17) is 6.57 Å². The predicted molar refractivity (Wildman–Crippen MR) is 53.0 cm³/mol. The topological polar surface area (TPSA) is 4.36 Å². The molecule has 12 heavy (non-hydrogen) atoms. The smallest absolute Gasteiger partial charge is 0.201 e. The standard InChI is InChI=1S/C8H4Br2FN/c1-12-8-2-5(4-9)7(11)3-6(8)10/h2-3H,4H2. The van der Waals surface area contributed by atoms with Crippen LogP contribution in [0.4, 0.5) is 10.1 Å². The normalized spacial score (nSPS) is 9.50. The zero-order chi connectivity index (χ0) is 9.14. The Hall–Kier alpha value is -0.400. The minimum absolute atomic E-state index is 0.300. The molecule has 1 rings (SSSR count). The first-order valence-electron chi connectivity index (χ1n) is 3.10. The lowest BCUT2D eigenvalue weighted by Crippen LogP contribution is -1.84. The van der Waals surface area contributed by atoms with Crippen molar-refractivity contribution >= 4 is 37.5 Å². The lowest BCUT2D eigenvalue weighted by Gasteiger charge is -2.00. The van der Waals surface area contributed by atoms with Gasteiger partial charge in [-0.05, 0) is 17.7 Å². The second kappa shape index (κ2) is 4.01. The van der Waals surface area contributed by atoms with E-state index in [1.165, 1.54) is 12.1 Å². The van der Waals surface area contributed by atoms with Gasteiger partial charge in [-0.25, -0.2) is 9.24 Å². The third-order valence-corrected chi connectivity index (χ3v) is 2.62. The number of benzene rings is 1. The summed E-state index contributed by atoms with van der Waals surface area (Å²) in [4.78, 5) is 3.24. The van der Waals surface area contributed by atoms with Crippen molar-refractivity contribution in [3.8, 4) is 0 Å². The first-order chi connectivity index (χ1) is 5.69. The average molecular weight is 293 g/mol. The van der Waals surface area contributed by atoms with Gasteiger partial charge >= 0.3 is 0 Å².